The van der Waals surface area contributed by atoms with Crippen molar-refractivity contribution in [2.24, 2.45) is 0 Å². The van der Waals surface area contributed by atoms with Crippen LogP contribution in [-0.4, -0.2) is 23.9 Å². The molecule has 1 amide bonds. The van der Waals surface area contributed by atoms with E-state index >= 15 is 0 Å². The summed E-state index contributed by atoms with van der Waals surface area (Å²) in [6.45, 7) is 1.57. The van der Waals surface area contributed by atoms with E-state index in [1.54, 1.807) is 13.0 Å². The van der Waals surface area contributed by atoms with Gasteiger partial charge in [0.05, 0.1) is 23.2 Å². The summed E-state index contributed by atoms with van der Waals surface area (Å²) in [5.74, 6) is -1.71. The van der Waals surface area contributed by atoms with E-state index in [0.717, 1.165) is 0 Å². The van der Waals surface area contributed by atoms with Crippen molar-refractivity contribution in [3.05, 3.63) is 86.9 Å². The predicted molar refractivity (Wildman–Crippen MR) is 99.7 cm³/mol. The zero-order chi connectivity index (χ0) is 20.4. The molecule has 0 saturated carbocycles. The lowest BCUT2D eigenvalue weighted by atomic mass is 10.0. The summed E-state index contributed by atoms with van der Waals surface area (Å²) in [7, 11) is 1.20. The maximum atomic E-state index is 13.5. The summed E-state index contributed by atoms with van der Waals surface area (Å²) < 4.78 is 18.3. The van der Waals surface area contributed by atoms with E-state index in [9.17, 15) is 24.1 Å². The third-order valence-electron chi connectivity index (χ3n) is 4.27. The van der Waals surface area contributed by atoms with Crippen molar-refractivity contribution in [2.75, 3.05) is 12.0 Å². The van der Waals surface area contributed by atoms with Gasteiger partial charge in [-0.3, -0.25) is 19.8 Å². The molecular weight excluding hydrogens is 367 g/mol. The molecule has 3 rings (SSSR count). The van der Waals surface area contributed by atoms with E-state index in [-0.39, 0.29) is 16.8 Å². The number of esters is 1. The van der Waals surface area contributed by atoms with Gasteiger partial charge >= 0.3 is 5.97 Å². The SMILES string of the molecule is COC(=O)C1=C(C)N(c2ccc([N+](=O)[O-])cc2)C(=O)/C1=C\c1cccc(F)c1. The Morgan fingerprint density at radius 3 is 2.46 bits per heavy atom. The summed E-state index contributed by atoms with van der Waals surface area (Å²) in [5, 5.41) is 10.8. The first kappa shape index (κ1) is 19.0. The monoisotopic (exact) mass is 382 g/mol. The number of halogens is 1. The molecule has 0 aliphatic carbocycles. The Labute approximate surface area is 159 Å². The van der Waals surface area contributed by atoms with E-state index in [1.165, 1.54) is 60.6 Å². The molecular formula is C20H15FN2O5. The minimum Gasteiger partial charge on any atom is -0.465 e. The first-order valence-corrected chi connectivity index (χ1v) is 8.19. The summed E-state index contributed by atoms with van der Waals surface area (Å²) in [4.78, 5) is 36.9. The maximum absolute atomic E-state index is 13.5. The molecule has 7 nitrogen and oxygen atoms in total. The number of ether oxygens (including phenoxy) is 1. The maximum Gasteiger partial charge on any atom is 0.340 e. The standard InChI is InChI=1S/C20H15FN2O5/c1-12-18(20(25)28-2)17(11-13-4-3-5-14(21)10-13)19(24)22(12)15-6-8-16(9-7-15)23(26)27/h3-11H,1-2H3/b17-11-. The van der Waals surface area contributed by atoms with Crippen molar-refractivity contribution in [3.8, 4) is 0 Å². The van der Waals surface area contributed by atoms with Crippen LogP contribution < -0.4 is 4.90 Å². The lowest BCUT2D eigenvalue weighted by Gasteiger charge is -2.17. The molecule has 142 valence electrons. The average Bonchev–Trinajstić information content (AvgIpc) is 2.91. The molecule has 0 saturated heterocycles. The number of anilines is 1. The molecule has 1 aliphatic rings. The second-order valence-electron chi connectivity index (χ2n) is 5.98. The van der Waals surface area contributed by atoms with Gasteiger partial charge in [0.2, 0.25) is 0 Å². The van der Waals surface area contributed by atoms with Gasteiger partial charge in [0.25, 0.3) is 11.6 Å². The molecule has 2 aromatic carbocycles. The zero-order valence-electron chi connectivity index (χ0n) is 15.0. The fraction of sp³-hybridized carbons (Fsp3) is 0.100. The van der Waals surface area contributed by atoms with Crippen LogP contribution in [-0.2, 0) is 14.3 Å². The summed E-state index contributed by atoms with van der Waals surface area (Å²) >= 11 is 0. The van der Waals surface area contributed by atoms with Crippen molar-refractivity contribution in [1.82, 2.24) is 0 Å². The van der Waals surface area contributed by atoms with E-state index in [0.29, 0.717) is 16.9 Å². The van der Waals surface area contributed by atoms with Gasteiger partial charge in [-0.25, -0.2) is 9.18 Å². The van der Waals surface area contributed by atoms with Gasteiger partial charge in [-0.1, -0.05) is 12.1 Å². The Morgan fingerprint density at radius 2 is 1.89 bits per heavy atom. The number of amides is 1. The number of methoxy groups -OCH3 is 1. The van der Waals surface area contributed by atoms with Crippen LogP contribution in [0.5, 0.6) is 0 Å². The fourth-order valence-corrected chi connectivity index (χ4v) is 2.98. The molecule has 8 heteroatoms. The van der Waals surface area contributed by atoms with E-state index in [2.05, 4.69) is 0 Å². The minimum absolute atomic E-state index is 0.0494. The molecule has 1 aliphatic heterocycles. The topological polar surface area (TPSA) is 89.8 Å². The fourth-order valence-electron chi connectivity index (χ4n) is 2.98. The molecule has 0 bridgehead atoms. The Hall–Kier alpha value is -3.81. The van der Waals surface area contributed by atoms with E-state index in [4.69, 9.17) is 4.74 Å². The number of nitro groups is 1. The normalized spacial score (nSPS) is 15.3. The number of benzene rings is 2. The predicted octanol–water partition coefficient (Wildman–Crippen LogP) is 3.61. The van der Waals surface area contributed by atoms with Crippen LogP contribution in [0.25, 0.3) is 6.08 Å². The number of rotatable bonds is 4. The van der Waals surface area contributed by atoms with Crippen LogP contribution >= 0.6 is 0 Å². The number of hydrogen-bond acceptors (Lipinski definition) is 5. The van der Waals surface area contributed by atoms with Crippen LogP contribution in [0.2, 0.25) is 0 Å². The van der Waals surface area contributed by atoms with Gasteiger partial charge < -0.3 is 4.74 Å². The third-order valence-corrected chi connectivity index (χ3v) is 4.27. The second-order valence-corrected chi connectivity index (χ2v) is 5.98. The molecule has 0 spiro atoms. The lowest BCUT2D eigenvalue weighted by Crippen LogP contribution is -2.24. The van der Waals surface area contributed by atoms with Crippen LogP contribution in [0.1, 0.15) is 12.5 Å². The van der Waals surface area contributed by atoms with E-state index < -0.39 is 22.6 Å². The number of nitrogens with zero attached hydrogens (tertiary/aromatic N) is 2. The quantitative estimate of drug-likeness (QED) is 0.349. The number of allylic oxidation sites excluding steroid dienone is 1. The largest absolute Gasteiger partial charge is 0.465 e. The number of carbonyl (C=O) groups is 2. The van der Waals surface area contributed by atoms with Crippen molar-refractivity contribution in [1.29, 1.82) is 0 Å². The molecule has 0 aromatic heterocycles. The van der Waals surface area contributed by atoms with Crippen molar-refractivity contribution in [2.45, 2.75) is 6.92 Å². The third kappa shape index (κ3) is 3.39. The summed E-state index contributed by atoms with van der Waals surface area (Å²) in [6, 6.07) is 11.0. The molecule has 0 radical (unpaired) electrons. The van der Waals surface area contributed by atoms with Gasteiger partial charge in [0.1, 0.15) is 5.82 Å². The lowest BCUT2D eigenvalue weighted by molar-refractivity contribution is -0.384. The first-order chi connectivity index (χ1) is 13.3. The van der Waals surface area contributed by atoms with Crippen LogP contribution in [0.3, 0.4) is 0 Å². The summed E-state index contributed by atoms with van der Waals surface area (Å²) in [5.41, 5.74) is 1.05. The van der Waals surface area contributed by atoms with Gasteiger partial charge in [0, 0.05) is 23.5 Å². The summed E-state index contributed by atoms with van der Waals surface area (Å²) in [6.07, 6.45) is 1.41. The van der Waals surface area contributed by atoms with E-state index in [1.807, 2.05) is 0 Å². The molecule has 0 atom stereocenters. The molecule has 28 heavy (non-hydrogen) atoms. The van der Waals surface area contributed by atoms with Gasteiger partial charge in [-0.05, 0) is 42.8 Å². The molecule has 2 aromatic rings. The Morgan fingerprint density at radius 1 is 1.21 bits per heavy atom. The van der Waals surface area contributed by atoms with Crippen molar-refractivity contribution in [3.63, 3.8) is 0 Å². The number of nitro benzene ring substituents is 1. The smallest absolute Gasteiger partial charge is 0.340 e. The van der Waals surface area contributed by atoms with Crippen LogP contribution in [0.15, 0.2) is 65.4 Å². The highest BCUT2D eigenvalue weighted by atomic mass is 19.1. The Bertz CT molecular complexity index is 1040. The number of hydrogen-bond donors (Lipinski definition) is 0. The minimum atomic E-state index is -0.710. The van der Waals surface area contributed by atoms with Crippen molar-refractivity contribution < 1.29 is 23.6 Å². The zero-order valence-corrected chi connectivity index (χ0v) is 15.0. The second kappa shape index (κ2) is 7.43. The highest BCUT2D eigenvalue weighted by molar-refractivity contribution is 6.23. The van der Waals surface area contributed by atoms with Gasteiger partial charge in [-0.15, -0.1) is 0 Å². The molecule has 1 heterocycles. The van der Waals surface area contributed by atoms with Crippen LogP contribution in [0.4, 0.5) is 15.8 Å². The number of carbonyl (C=O) groups excluding carboxylic acids is 2. The molecule has 0 N–H and O–H groups in total. The first-order valence-electron chi connectivity index (χ1n) is 8.19. The van der Waals surface area contributed by atoms with Gasteiger partial charge in [0.15, 0.2) is 0 Å². The van der Waals surface area contributed by atoms with Crippen LogP contribution in [0, 0.1) is 15.9 Å². The number of non-ortho nitro benzene ring substituents is 1. The Balaban J connectivity index is 2.11. The Kier molecular flexibility index (Phi) is 5.04. The highest BCUT2D eigenvalue weighted by Crippen LogP contribution is 2.36. The van der Waals surface area contributed by atoms with Gasteiger partial charge in [-0.2, -0.15) is 0 Å². The van der Waals surface area contributed by atoms with Crippen molar-refractivity contribution >= 4 is 29.3 Å². The highest BCUT2D eigenvalue weighted by Gasteiger charge is 2.38. The molecule has 0 unspecified atom stereocenters. The molecule has 0 fully saturated rings. The average molecular weight is 382 g/mol.